The lowest BCUT2D eigenvalue weighted by atomic mass is 9.96. The third-order valence-corrected chi connectivity index (χ3v) is 4.80. The molecule has 4 rings (SSSR count). The molecule has 1 fully saturated rings. The number of imidazole rings is 1. The van der Waals surface area contributed by atoms with E-state index in [1.54, 1.807) is 0 Å². The molecule has 1 aliphatic rings. The monoisotopic (exact) mass is 306 g/mol. The van der Waals surface area contributed by atoms with Gasteiger partial charge in [-0.25, -0.2) is 9.97 Å². The van der Waals surface area contributed by atoms with Crippen molar-refractivity contribution in [1.29, 1.82) is 0 Å². The number of likely N-dealkylation sites (tertiary alicyclic amines) is 1. The summed E-state index contributed by atoms with van der Waals surface area (Å²) in [7, 11) is 2.20. The highest BCUT2D eigenvalue weighted by Crippen LogP contribution is 2.29. The smallest absolute Gasteiger partial charge is 0.160 e. The van der Waals surface area contributed by atoms with Gasteiger partial charge in [0.05, 0.1) is 6.54 Å². The molecular weight excluding hydrogens is 284 g/mol. The third kappa shape index (κ3) is 2.86. The Labute approximate surface area is 136 Å². The van der Waals surface area contributed by atoms with Gasteiger partial charge in [0.25, 0.3) is 0 Å². The van der Waals surface area contributed by atoms with Crippen LogP contribution in [-0.2, 0) is 6.54 Å². The number of hydrogen-bond donors (Lipinski definition) is 0. The summed E-state index contributed by atoms with van der Waals surface area (Å²) in [6.45, 7) is 3.13. The number of rotatable bonds is 3. The van der Waals surface area contributed by atoms with Crippen LogP contribution in [0.5, 0.6) is 0 Å². The third-order valence-electron chi connectivity index (χ3n) is 4.80. The highest BCUT2D eigenvalue weighted by atomic mass is 15.1. The Kier molecular flexibility index (Phi) is 3.83. The molecule has 0 amide bonds. The number of hydrogen-bond acceptors (Lipinski definition) is 3. The first kappa shape index (κ1) is 14.4. The fourth-order valence-corrected chi connectivity index (χ4v) is 3.48. The van der Waals surface area contributed by atoms with Crippen molar-refractivity contribution in [1.82, 2.24) is 19.4 Å². The van der Waals surface area contributed by atoms with Crippen molar-refractivity contribution >= 4 is 11.2 Å². The zero-order valence-electron chi connectivity index (χ0n) is 13.5. The fourth-order valence-electron chi connectivity index (χ4n) is 3.48. The van der Waals surface area contributed by atoms with Crippen molar-refractivity contribution in [2.24, 2.45) is 0 Å². The van der Waals surface area contributed by atoms with Crippen LogP contribution in [0.15, 0.2) is 48.7 Å². The van der Waals surface area contributed by atoms with Gasteiger partial charge in [-0.05, 0) is 50.7 Å². The SMILES string of the molecule is CN1CCC(c2nc3cccnc3n2Cc2ccccc2)CC1. The zero-order chi connectivity index (χ0) is 15.6. The van der Waals surface area contributed by atoms with E-state index in [0.717, 1.165) is 30.8 Å². The molecule has 0 spiro atoms. The molecule has 0 atom stereocenters. The lowest BCUT2D eigenvalue weighted by molar-refractivity contribution is 0.249. The molecule has 1 aliphatic heterocycles. The van der Waals surface area contributed by atoms with Gasteiger partial charge in [-0.1, -0.05) is 30.3 Å². The summed E-state index contributed by atoms with van der Waals surface area (Å²) < 4.78 is 2.32. The first-order valence-electron chi connectivity index (χ1n) is 8.35. The Bertz CT molecular complexity index is 785. The summed E-state index contributed by atoms with van der Waals surface area (Å²) in [6, 6.07) is 14.6. The van der Waals surface area contributed by atoms with Crippen molar-refractivity contribution in [3.8, 4) is 0 Å². The lowest BCUT2D eigenvalue weighted by Gasteiger charge is -2.28. The van der Waals surface area contributed by atoms with Crippen molar-refractivity contribution in [3.63, 3.8) is 0 Å². The maximum Gasteiger partial charge on any atom is 0.160 e. The zero-order valence-corrected chi connectivity index (χ0v) is 13.5. The van der Waals surface area contributed by atoms with Gasteiger partial charge in [0, 0.05) is 12.1 Å². The molecule has 4 heteroatoms. The second-order valence-corrected chi connectivity index (χ2v) is 6.47. The van der Waals surface area contributed by atoms with E-state index in [1.165, 1.54) is 24.2 Å². The number of aromatic nitrogens is 3. The lowest BCUT2D eigenvalue weighted by Crippen LogP contribution is -2.30. The van der Waals surface area contributed by atoms with Gasteiger partial charge in [-0.2, -0.15) is 0 Å². The number of piperidine rings is 1. The number of pyridine rings is 1. The van der Waals surface area contributed by atoms with E-state index in [1.807, 2.05) is 12.3 Å². The van der Waals surface area contributed by atoms with Gasteiger partial charge < -0.3 is 9.47 Å². The molecule has 4 nitrogen and oxygen atoms in total. The molecule has 0 aliphatic carbocycles. The fraction of sp³-hybridized carbons (Fsp3) is 0.368. The van der Waals surface area contributed by atoms with E-state index in [2.05, 4.69) is 57.9 Å². The van der Waals surface area contributed by atoms with Crippen LogP contribution in [0.1, 0.15) is 30.1 Å². The van der Waals surface area contributed by atoms with E-state index >= 15 is 0 Å². The Hall–Kier alpha value is -2.20. The van der Waals surface area contributed by atoms with Gasteiger partial charge in [0.2, 0.25) is 0 Å². The Morgan fingerprint density at radius 3 is 2.61 bits per heavy atom. The van der Waals surface area contributed by atoms with Crippen molar-refractivity contribution in [2.45, 2.75) is 25.3 Å². The Morgan fingerprint density at radius 2 is 1.83 bits per heavy atom. The molecule has 1 aromatic carbocycles. The van der Waals surface area contributed by atoms with E-state index in [4.69, 9.17) is 4.98 Å². The van der Waals surface area contributed by atoms with Crippen molar-refractivity contribution in [3.05, 3.63) is 60.0 Å². The normalized spacial score (nSPS) is 16.9. The highest BCUT2D eigenvalue weighted by molar-refractivity contribution is 5.71. The molecule has 0 bridgehead atoms. The van der Waals surface area contributed by atoms with Crippen LogP contribution in [0, 0.1) is 0 Å². The van der Waals surface area contributed by atoms with E-state index in [9.17, 15) is 0 Å². The molecule has 0 saturated carbocycles. The second kappa shape index (κ2) is 6.13. The van der Waals surface area contributed by atoms with Crippen LogP contribution in [0.3, 0.4) is 0 Å². The van der Waals surface area contributed by atoms with E-state index in [0.29, 0.717) is 5.92 Å². The van der Waals surface area contributed by atoms with E-state index < -0.39 is 0 Å². The van der Waals surface area contributed by atoms with E-state index in [-0.39, 0.29) is 0 Å². The van der Waals surface area contributed by atoms with Gasteiger partial charge in [0.15, 0.2) is 5.65 Å². The van der Waals surface area contributed by atoms with Crippen LogP contribution < -0.4 is 0 Å². The summed E-state index contributed by atoms with van der Waals surface area (Å²) in [4.78, 5) is 11.9. The molecule has 23 heavy (non-hydrogen) atoms. The summed E-state index contributed by atoms with van der Waals surface area (Å²) in [5.41, 5.74) is 3.31. The summed E-state index contributed by atoms with van der Waals surface area (Å²) in [5.74, 6) is 1.74. The summed E-state index contributed by atoms with van der Waals surface area (Å²) >= 11 is 0. The van der Waals surface area contributed by atoms with Crippen LogP contribution in [-0.4, -0.2) is 39.6 Å². The molecule has 2 aromatic heterocycles. The number of fused-ring (bicyclic) bond motifs is 1. The molecular formula is C19H22N4. The number of benzene rings is 1. The first-order chi connectivity index (χ1) is 11.3. The van der Waals surface area contributed by atoms with Crippen molar-refractivity contribution < 1.29 is 0 Å². The maximum absolute atomic E-state index is 4.94. The minimum atomic E-state index is 0.532. The molecule has 0 N–H and O–H groups in total. The summed E-state index contributed by atoms with van der Waals surface area (Å²) in [6.07, 6.45) is 4.22. The quantitative estimate of drug-likeness (QED) is 0.744. The van der Waals surface area contributed by atoms with Crippen LogP contribution >= 0.6 is 0 Å². The van der Waals surface area contributed by atoms with Gasteiger partial charge >= 0.3 is 0 Å². The molecule has 3 heterocycles. The van der Waals surface area contributed by atoms with Crippen molar-refractivity contribution in [2.75, 3.05) is 20.1 Å². The van der Waals surface area contributed by atoms with Gasteiger partial charge in [0.1, 0.15) is 11.3 Å². The average molecular weight is 306 g/mol. The maximum atomic E-state index is 4.94. The predicted octanol–water partition coefficient (Wildman–Crippen LogP) is 3.29. The largest absolute Gasteiger partial charge is 0.308 e. The van der Waals surface area contributed by atoms with Gasteiger partial charge in [-0.3, -0.25) is 0 Å². The van der Waals surface area contributed by atoms with Gasteiger partial charge in [-0.15, -0.1) is 0 Å². The minimum absolute atomic E-state index is 0.532. The Balaban J connectivity index is 1.75. The first-order valence-corrected chi connectivity index (χ1v) is 8.35. The highest BCUT2D eigenvalue weighted by Gasteiger charge is 2.24. The molecule has 0 radical (unpaired) electrons. The van der Waals surface area contributed by atoms with Crippen LogP contribution in [0.4, 0.5) is 0 Å². The summed E-state index contributed by atoms with van der Waals surface area (Å²) in [5, 5.41) is 0. The second-order valence-electron chi connectivity index (χ2n) is 6.47. The molecule has 1 saturated heterocycles. The topological polar surface area (TPSA) is 34.0 Å². The molecule has 3 aromatic rings. The standard InChI is InChI=1S/C19H22N4/c1-22-12-9-16(10-13-22)18-21-17-8-5-11-20-19(17)23(18)14-15-6-3-2-4-7-15/h2-8,11,16H,9-10,12-14H2,1H3. The number of nitrogens with zero attached hydrogens (tertiary/aromatic N) is 4. The molecule has 0 unspecified atom stereocenters. The molecule has 118 valence electrons. The minimum Gasteiger partial charge on any atom is -0.308 e. The Morgan fingerprint density at radius 1 is 1.04 bits per heavy atom. The predicted molar refractivity (Wildman–Crippen MR) is 92.5 cm³/mol. The van der Waals surface area contributed by atoms with Crippen LogP contribution in [0.2, 0.25) is 0 Å². The van der Waals surface area contributed by atoms with Crippen LogP contribution in [0.25, 0.3) is 11.2 Å². The average Bonchev–Trinajstić information content (AvgIpc) is 2.95.